The van der Waals surface area contributed by atoms with Crippen molar-refractivity contribution in [2.75, 3.05) is 85.1 Å². The highest BCUT2D eigenvalue weighted by atomic mass is 16.2. The van der Waals surface area contributed by atoms with E-state index in [0.29, 0.717) is 39.0 Å². The molecule has 1 aliphatic rings. The number of amides is 2. The van der Waals surface area contributed by atoms with Gasteiger partial charge in [-0.15, -0.1) is 0 Å². The summed E-state index contributed by atoms with van der Waals surface area (Å²) in [6, 6.07) is 0. The summed E-state index contributed by atoms with van der Waals surface area (Å²) < 4.78 is 0. The molecule has 0 aromatic heterocycles. The van der Waals surface area contributed by atoms with Crippen LogP contribution < -0.4 is 0 Å². The van der Waals surface area contributed by atoms with E-state index in [1.54, 1.807) is 0 Å². The van der Waals surface area contributed by atoms with Crippen LogP contribution in [0.3, 0.4) is 0 Å². The molecule has 0 atom stereocenters. The van der Waals surface area contributed by atoms with Crippen molar-refractivity contribution in [2.45, 2.75) is 272 Å². The predicted molar refractivity (Wildman–Crippen MR) is 282 cm³/mol. The van der Waals surface area contributed by atoms with E-state index in [1.165, 1.54) is 238 Å². The summed E-state index contributed by atoms with van der Waals surface area (Å²) in [4.78, 5) is 39.4. The van der Waals surface area contributed by atoms with Gasteiger partial charge in [-0.2, -0.15) is 0 Å². The lowest BCUT2D eigenvalue weighted by molar-refractivity contribution is -0.140. The lowest BCUT2D eigenvalue weighted by atomic mass is 10.1. The van der Waals surface area contributed by atoms with E-state index >= 15 is 0 Å². The molecule has 0 aromatic rings. The second-order valence-electron chi connectivity index (χ2n) is 20.4. The van der Waals surface area contributed by atoms with Gasteiger partial charge in [0.2, 0.25) is 11.8 Å². The normalized spacial score (nSPS) is 13.4. The van der Waals surface area contributed by atoms with Gasteiger partial charge in [0.1, 0.15) is 0 Å². The fourth-order valence-electron chi connectivity index (χ4n) is 9.78. The summed E-state index contributed by atoms with van der Waals surface area (Å²) in [5, 5.41) is 0. The second-order valence-corrected chi connectivity index (χ2v) is 20.4. The van der Waals surface area contributed by atoms with E-state index in [-0.39, 0.29) is 11.8 Å². The largest absolute Gasteiger partial charge is 0.339 e. The van der Waals surface area contributed by atoms with Crippen molar-refractivity contribution in [3.05, 3.63) is 0 Å². The minimum absolute atomic E-state index is 0.287. The Bertz CT molecular complexity index is 951. The average Bonchev–Trinajstić information content (AvgIpc) is 3.31. The maximum Gasteiger partial charge on any atom is 0.223 e. The van der Waals surface area contributed by atoms with Gasteiger partial charge in [-0.25, -0.2) is 0 Å². The highest BCUT2D eigenvalue weighted by Crippen LogP contribution is 2.15. The van der Waals surface area contributed by atoms with Gasteiger partial charge in [0.25, 0.3) is 0 Å². The van der Waals surface area contributed by atoms with Crippen LogP contribution in [0.1, 0.15) is 272 Å². The lowest BCUT2D eigenvalue weighted by Crippen LogP contribution is -2.51. The third kappa shape index (κ3) is 36.9. The third-order valence-corrected chi connectivity index (χ3v) is 14.4. The van der Waals surface area contributed by atoms with E-state index in [2.05, 4.69) is 59.1 Å². The van der Waals surface area contributed by atoms with Crippen LogP contribution in [0.2, 0.25) is 0 Å². The number of rotatable bonds is 49. The molecule has 7 heteroatoms. The van der Waals surface area contributed by atoms with Crippen molar-refractivity contribution in [1.29, 1.82) is 0 Å². The van der Waals surface area contributed by atoms with Gasteiger partial charge < -0.3 is 24.5 Å². The fraction of sp³-hybridized carbons (Fsp3) is 0.965. The zero-order chi connectivity index (χ0) is 46.4. The Balaban J connectivity index is 2.68. The highest BCUT2D eigenvalue weighted by Gasteiger charge is 2.25. The smallest absolute Gasteiger partial charge is 0.223 e. The van der Waals surface area contributed by atoms with Crippen LogP contribution in [-0.2, 0) is 9.59 Å². The van der Waals surface area contributed by atoms with Gasteiger partial charge in [0.15, 0.2) is 0 Å². The Labute approximate surface area is 401 Å². The molecule has 0 aromatic carbocycles. The van der Waals surface area contributed by atoms with Crippen LogP contribution in [0.4, 0.5) is 0 Å². The van der Waals surface area contributed by atoms with E-state index in [1.807, 2.05) is 0 Å². The summed E-state index contributed by atoms with van der Waals surface area (Å²) in [6.45, 7) is 24.0. The molecule has 7 nitrogen and oxygen atoms in total. The molecule has 1 fully saturated rings. The first-order valence-electron chi connectivity index (χ1n) is 29.2. The minimum Gasteiger partial charge on any atom is -0.339 e. The first kappa shape index (κ1) is 60.8. The molecule has 1 rings (SSSR count). The first-order valence-corrected chi connectivity index (χ1v) is 29.2. The number of nitrogens with zero attached hydrogens (tertiary/aromatic N) is 5. The Morgan fingerprint density at radius 3 is 0.688 bits per heavy atom. The average molecular weight is 903 g/mol. The Kier molecular flexibility index (Phi) is 44.6. The van der Waals surface area contributed by atoms with Gasteiger partial charge >= 0.3 is 0 Å². The van der Waals surface area contributed by atoms with Crippen LogP contribution in [0.5, 0.6) is 0 Å². The summed E-state index contributed by atoms with van der Waals surface area (Å²) >= 11 is 0. The maximum absolute atomic E-state index is 13.7. The molecule has 0 N–H and O–H groups in total. The molecule has 1 aliphatic heterocycles. The van der Waals surface area contributed by atoms with Crippen LogP contribution in [0.15, 0.2) is 0 Å². The van der Waals surface area contributed by atoms with Gasteiger partial charge in [-0.3, -0.25) is 9.59 Å². The molecule has 380 valence electrons. The third-order valence-electron chi connectivity index (χ3n) is 14.4. The number of piperazine rings is 1. The van der Waals surface area contributed by atoms with E-state index < -0.39 is 0 Å². The zero-order valence-electron chi connectivity index (χ0n) is 44.4. The molecule has 1 saturated heterocycles. The van der Waals surface area contributed by atoms with Crippen LogP contribution in [-0.4, -0.2) is 121 Å². The topological polar surface area (TPSA) is 50.3 Å². The van der Waals surface area contributed by atoms with Crippen molar-refractivity contribution in [3.63, 3.8) is 0 Å². The first-order chi connectivity index (χ1) is 31.5. The van der Waals surface area contributed by atoms with Crippen LogP contribution >= 0.6 is 0 Å². The molecule has 0 radical (unpaired) electrons. The Morgan fingerprint density at radius 2 is 0.453 bits per heavy atom. The number of carbonyl (C=O) groups excluding carboxylic acids is 2. The fourth-order valence-corrected chi connectivity index (χ4v) is 9.78. The molecule has 0 spiro atoms. The monoisotopic (exact) mass is 902 g/mol. The lowest BCUT2D eigenvalue weighted by Gasteiger charge is -2.36. The summed E-state index contributed by atoms with van der Waals surface area (Å²) in [6.07, 6.45) is 48.3. The van der Waals surface area contributed by atoms with Gasteiger partial charge in [-0.05, 0) is 64.8 Å². The van der Waals surface area contributed by atoms with Crippen LogP contribution in [0, 0.1) is 0 Å². The number of unbranched alkanes of at least 4 members (excludes halogenated alkanes) is 30. The molecule has 0 saturated carbocycles. The molecule has 2 amide bonds. The van der Waals surface area contributed by atoms with Crippen LogP contribution in [0.25, 0.3) is 0 Å². The Hall–Kier alpha value is -1.18. The highest BCUT2D eigenvalue weighted by molar-refractivity contribution is 5.78. The molecule has 0 bridgehead atoms. The van der Waals surface area contributed by atoms with Gasteiger partial charge in [-0.1, -0.05) is 227 Å². The van der Waals surface area contributed by atoms with Crippen molar-refractivity contribution in [2.24, 2.45) is 0 Å². The van der Waals surface area contributed by atoms with Crippen molar-refractivity contribution < 1.29 is 9.59 Å². The second kappa shape index (κ2) is 46.9. The quantitative estimate of drug-likeness (QED) is 0.0570. The molecular weight excluding hydrogens is 787 g/mol. The molecule has 0 aliphatic carbocycles. The minimum atomic E-state index is 0.287. The number of carbonyl (C=O) groups is 2. The van der Waals surface area contributed by atoms with Gasteiger partial charge in [0.05, 0.1) is 0 Å². The van der Waals surface area contributed by atoms with E-state index in [4.69, 9.17) is 0 Å². The van der Waals surface area contributed by atoms with E-state index in [9.17, 15) is 9.59 Å². The molecule has 1 heterocycles. The van der Waals surface area contributed by atoms with Gasteiger partial charge in [0, 0.05) is 65.2 Å². The standard InChI is InChI=1S/C57H115N5O2/c1-6-11-16-21-26-31-36-43-58(44-37-32-27-22-17-12-7-2)48-41-56(63)61-52-54-62(55-53-61)57(64)42-49-60(47-40-35-30-25-20-15-10-5)51-50-59(45-38-33-28-23-18-13-8-3)46-39-34-29-24-19-14-9-4/h6-55H2,1-5H3. The Morgan fingerprint density at radius 1 is 0.266 bits per heavy atom. The van der Waals surface area contributed by atoms with Crippen molar-refractivity contribution in [3.8, 4) is 0 Å². The molecular formula is C57H115N5O2. The van der Waals surface area contributed by atoms with Crippen molar-refractivity contribution >= 4 is 11.8 Å². The number of hydrogen-bond acceptors (Lipinski definition) is 5. The molecule has 0 unspecified atom stereocenters. The van der Waals surface area contributed by atoms with E-state index in [0.717, 1.165) is 45.8 Å². The summed E-state index contributed by atoms with van der Waals surface area (Å²) in [5.74, 6) is 0.574. The summed E-state index contributed by atoms with van der Waals surface area (Å²) in [5.41, 5.74) is 0. The molecule has 64 heavy (non-hydrogen) atoms. The van der Waals surface area contributed by atoms with Crippen molar-refractivity contribution in [1.82, 2.24) is 24.5 Å². The maximum atomic E-state index is 13.7. The SMILES string of the molecule is CCCCCCCCCN(CCCCCCCCC)CCC(=O)N1CCN(C(=O)CCN(CCCCCCCCC)CCN(CCCCCCCCC)CCCCCCCCC)CC1. The zero-order valence-corrected chi connectivity index (χ0v) is 44.4. The summed E-state index contributed by atoms with van der Waals surface area (Å²) in [7, 11) is 0. The number of hydrogen-bond donors (Lipinski definition) is 0. The predicted octanol–water partition coefficient (Wildman–Crippen LogP) is 15.1.